The number of anilines is 1. The maximum Gasteiger partial charge on any atom is 0.248 e. The third-order valence-corrected chi connectivity index (χ3v) is 4.25. The van der Waals surface area contributed by atoms with Crippen LogP contribution in [0.15, 0.2) is 30.3 Å². The van der Waals surface area contributed by atoms with Gasteiger partial charge in [0, 0.05) is 19.1 Å². The second kappa shape index (κ2) is 7.39. The fourth-order valence-electron chi connectivity index (χ4n) is 2.95. The number of piperidine rings is 1. The summed E-state index contributed by atoms with van der Waals surface area (Å²) in [6, 6.07) is 9.27. The van der Waals surface area contributed by atoms with Gasteiger partial charge in [0.2, 0.25) is 11.9 Å². The SMILES string of the molecule is CC[C@H](Nc1nnnn1-c1ccccc1)C(=O)N1CCC[C@H](N)C1. The number of aromatic nitrogens is 4. The maximum absolute atomic E-state index is 12.8. The Labute approximate surface area is 141 Å². The van der Waals surface area contributed by atoms with Gasteiger partial charge in [-0.05, 0) is 41.8 Å². The van der Waals surface area contributed by atoms with Gasteiger partial charge in [-0.3, -0.25) is 4.79 Å². The molecule has 0 bridgehead atoms. The number of hydrogen-bond donors (Lipinski definition) is 2. The van der Waals surface area contributed by atoms with Crippen LogP contribution >= 0.6 is 0 Å². The average Bonchev–Trinajstić information content (AvgIpc) is 3.08. The van der Waals surface area contributed by atoms with Crippen LogP contribution in [-0.4, -0.2) is 56.2 Å². The summed E-state index contributed by atoms with van der Waals surface area (Å²) in [5.41, 5.74) is 6.83. The maximum atomic E-state index is 12.8. The topological polar surface area (TPSA) is 102 Å². The van der Waals surface area contributed by atoms with Crippen molar-refractivity contribution in [2.75, 3.05) is 18.4 Å². The van der Waals surface area contributed by atoms with Gasteiger partial charge < -0.3 is 16.0 Å². The quantitative estimate of drug-likeness (QED) is 0.841. The van der Waals surface area contributed by atoms with Crippen LogP contribution in [0.2, 0.25) is 0 Å². The first-order valence-electron chi connectivity index (χ1n) is 8.33. The van der Waals surface area contributed by atoms with Crippen LogP contribution < -0.4 is 11.1 Å². The number of benzene rings is 1. The predicted octanol–water partition coefficient (Wildman–Crippen LogP) is 0.802. The van der Waals surface area contributed by atoms with Crippen molar-refractivity contribution in [1.29, 1.82) is 0 Å². The number of rotatable bonds is 5. The van der Waals surface area contributed by atoms with Gasteiger partial charge in [0.05, 0.1) is 5.69 Å². The molecule has 1 aromatic heterocycles. The van der Waals surface area contributed by atoms with Crippen molar-refractivity contribution in [2.24, 2.45) is 5.73 Å². The second-order valence-electron chi connectivity index (χ2n) is 6.04. The number of amides is 1. The van der Waals surface area contributed by atoms with Crippen LogP contribution in [0.3, 0.4) is 0 Å². The minimum absolute atomic E-state index is 0.0512. The molecule has 3 N–H and O–H groups in total. The highest BCUT2D eigenvalue weighted by molar-refractivity contribution is 5.84. The van der Waals surface area contributed by atoms with Gasteiger partial charge in [-0.15, -0.1) is 0 Å². The zero-order chi connectivity index (χ0) is 16.9. The van der Waals surface area contributed by atoms with E-state index in [9.17, 15) is 4.79 Å². The van der Waals surface area contributed by atoms with Gasteiger partial charge in [0.1, 0.15) is 6.04 Å². The van der Waals surface area contributed by atoms with Crippen molar-refractivity contribution in [2.45, 2.75) is 38.3 Å². The predicted molar refractivity (Wildman–Crippen MR) is 90.6 cm³/mol. The van der Waals surface area contributed by atoms with E-state index in [1.807, 2.05) is 42.2 Å². The summed E-state index contributed by atoms with van der Waals surface area (Å²) in [6.07, 6.45) is 2.57. The Balaban J connectivity index is 1.74. The molecule has 1 aliphatic heterocycles. The highest BCUT2D eigenvalue weighted by atomic mass is 16.2. The first kappa shape index (κ1) is 16.4. The average molecular weight is 329 g/mol. The molecule has 128 valence electrons. The molecular formula is C16H23N7O. The van der Waals surface area contributed by atoms with Crippen molar-refractivity contribution in [1.82, 2.24) is 25.1 Å². The van der Waals surface area contributed by atoms with Crippen LogP contribution in [0.1, 0.15) is 26.2 Å². The summed E-state index contributed by atoms with van der Waals surface area (Å²) in [7, 11) is 0. The van der Waals surface area contributed by atoms with Crippen LogP contribution in [-0.2, 0) is 4.79 Å². The first-order valence-corrected chi connectivity index (χ1v) is 8.33. The van der Waals surface area contributed by atoms with Crippen LogP contribution in [0.5, 0.6) is 0 Å². The Hall–Kier alpha value is -2.48. The molecular weight excluding hydrogens is 306 g/mol. The largest absolute Gasteiger partial charge is 0.341 e. The Morgan fingerprint density at radius 2 is 2.21 bits per heavy atom. The van der Waals surface area contributed by atoms with Crippen molar-refractivity contribution in [3.8, 4) is 5.69 Å². The number of nitrogens with two attached hydrogens (primary N) is 1. The molecule has 1 saturated heterocycles. The van der Waals surface area contributed by atoms with Crippen LogP contribution in [0.4, 0.5) is 5.95 Å². The van der Waals surface area contributed by atoms with Gasteiger partial charge in [0.25, 0.3) is 0 Å². The van der Waals surface area contributed by atoms with Crippen molar-refractivity contribution in [3.05, 3.63) is 30.3 Å². The fourth-order valence-corrected chi connectivity index (χ4v) is 2.95. The van der Waals surface area contributed by atoms with Gasteiger partial charge >= 0.3 is 0 Å². The summed E-state index contributed by atoms with van der Waals surface area (Å²) < 4.78 is 1.60. The molecule has 2 aromatic rings. The number of hydrogen-bond acceptors (Lipinski definition) is 6. The number of nitrogens with one attached hydrogen (secondary N) is 1. The monoisotopic (exact) mass is 329 g/mol. The Bertz CT molecular complexity index is 672. The lowest BCUT2D eigenvalue weighted by atomic mass is 10.1. The molecule has 0 aliphatic carbocycles. The van der Waals surface area contributed by atoms with Crippen LogP contribution in [0, 0.1) is 0 Å². The summed E-state index contributed by atoms with van der Waals surface area (Å²) in [5, 5.41) is 14.9. The molecule has 0 spiro atoms. The summed E-state index contributed by atoms with van der Waals surface area (Å²) in [5.74, 6) is 0.512. The van der Waals surface area contributed by atoms with E-state index in [1.165, 1.54) is 0 Å². The fraction of sp³-hybridized carbons (Fsp3) is 0.500. The van der Waals surface area contributed by atoms with E-state index in [0.717, 1.165) is 25.1 Å². The van der Waals surface area contributed by atoms with Gasteiger partial charge in [-0.1, -0.05) is 30.2 Å². The van der Waals surface area contributed by atoms with E-state index in [2.05, 4.69) is 20.8 Å². The minimum Gasteiger partial charge on any atom is -0.341 e. The van der Waals surface area contributed by atoms with E-state index in [4.69, 9.17) is 5.73 Å². The third-order valence-electron chi connectivity index (χ3n) is 4.25. The van der Waals surface area contributed by atoms with Crippen molar-refractivity contribution < 1.29 is 4.79 Å². The highest BCUT2D eigenvalue weighted by Gasteiger charge is 2.28. The summed E-state index contributed by atoms with van der Waals surface area (Å²) in [6.45, 7) is 3.34. The minimum atomic E-state index is -0.372. The summed E-state index contributed by atoms with van der Waals surface area (Å²) >= 11 is 0. The van der Waals surface area contributed by atoms with Gasteiger partial charge in [0.15, 0.2) is 0 Å². The molecule has 1 fully saturated rings. The lowest BCUT2D eigenvalue weighted by Crippen LogP contribution is -2.50. The normalized spacial score (nSPS) is 19.1. The number of nitrogens with zero attached hydrogens (tertiary/aromatic N) is 5. The van der Waals surface area contributed by atoms with E-state index >= 15 is 0 Å². The molecule has 0 unspecified atom stereocenters. The number of para-hydroxylation sites is 1. The number of carbonyl (C=O) groups is 1. The van der Waals surface area contributed by atoms with Gasteiger partial charge in [-0.2, -0.15) is 4.68 Å². The summed E-state index contributed by atoms with van der Waals surface area (Å²) in [4.78, 5) is 14.6. The number of likely N-dealkylation sites (tertiary alicyclic amines) is 1. The Morgan fingerprint density at radius 1 is 1.42 bits per heavy atom. The lowest BCUT2D eigenvalue weighted by molar-refractivity contribution is -0.133. The third kappa shape index (κ3) is 3.53. The van der Waals surface area contributed by atoms with E-state index in [-0.39, 0.29) is 18.0 Å². The Kier molecular flexibility index (Phi) is 5.05. The van der Waals surface area contributed by atoms with E-state index in [1.54, 1.807) is 4.68 Å². The molecule has 3 rings (SSSR count). The van der Waals surface area contributed by atoms with Crippen molar-refractivity contribution >= 4 is 11.9 Å². The second-order valence-corrected chi connectivity index (χ2v) is 6.04. The van der Waals surface area contributed by atoms with Crippen molar-refractivity contribution in [3.63, 3.8) is 0 Å². The lowest BCUT2D eigenvalue weighted by Gasteiger charge is -2.33. The number of carbonyl (C=O) groups excluding carboxylic acids is 1. The van der Waals surface area contributed by atoms with Crippen LogP contribution in [0.25, 0.3) is 5.69 Å². The smallest absolute Gasteiger partial charge is 0.248 e. The molecule has 8 heteroatoms. The molecule has 1 amide bonds. The molecule has 0 saturated carbocycles. The standard InChI is InChI=1S/C16H23N7O/c1-2-14(15(24)22-10-6-7-12(17)11-22)18-16-19-20-21-23(16)13-8-4-3-5-9-13/h3-5,8-9,12,14H,2,6-7,10-11,17H2,1H3,(H,18,19,21)/t12-,14-/m0/s1. The molecule has 2 atom stereocenters. The molecule has 1 aromatic carbocycles. The molecule has 0 radical (unpaired) electrons. The molecule has 24 heavy (non-hydrogen) atoms. The van der Waals surface area contributed by atoms with E-state index in [0.29, 0.717) is 18.9 Å². The molecule has 1 aliphatic rings. The zero-order valence-electron chi connectivity index (χ0n) is 13.8. The number of tetrazole rings is 1. The molecule has 8 nitrogen and oxygen atoms in total. The van der Waals surface area contributed by atoms with Gasteiger partial charge in [-0.25, -0.2) is 0 Å². The first-order chi connectivity index (χ1) is 11.7. The highest BCUT2D eigenvalue weighted by Crippen LogP contribution is 2.15. The zero-order valence-corrected chi connectivity index (χ0v) is 13.8. The van der Waals surface area contributed by atoms with E-state index < -0.39 is 0 Å². The molecule has 2 heterocycles. The Morgan fingerprint density at radius 3 is 2.92 bits per heavy atom.